The van der Waals surface area contributed by atoms with Crippen LogP contribution in [-0.4, -0.2) is 34.1 Å². The minimum atomic E-state index is -3.63. The number of sulfonamides is 1. The molecule has 1 amide bonds. The fourth-order valence-electron chi connectivity index (χ4n) is 3.88. The highest BCUT2D eigenvalue weighted by Gasteiger charge is 2.29. The molecule has 9 heteroatoms. The molecule has 1 unspecified atom stereocenters. The first-order valence-electron chi connectivity index (χ1n) is 11.6. The Labute approximate surface area is 205 Å². The van der Waals surface area contributed by atoms with Crippen LogP contribution in [0.2, 0.25) is 0 Å². The van der Waals surface area contributed by atoms with Crippen LogP contribution in [-0.2, 0) is 16.4 Å². The average Bonchev–Trinajstić information content (AvgIpc) is 2.85. The number of nitrogens with one attached hydrogen (secondary N) is 3. The molecule has 0 aliphatic carbocycles. The Morgan fingerprint density at radius 1 is 0.943 bits per heavy atom. The van der Waals surface area contributed by atoms with Crippen molar-refractivity contribution in [2.45, 2.75) is 31.3 Å². The third-order valence-corrected chi connectivity index (χ3v) is 7.04. The topological polar surface area (TPSA) is 106 Å². The minimum Gasteiger partial charge on any atom is -0.490 e. The van der Waals surface area contributed by atoms with Crippen LogP contribution in [0.3, 0.4) is 0 Å². The third kappa shape index (κ3) is 5.75. The molecule has 1 aliphatic heterocycles. The molecule has 0 bridgehead atoms. The summed E-state index contributed by atoms with van der Waals surface area (Å²) in [6.07, 6.45) is 0.0231. The van der Waals surface area contributed by atoms with Gasteiger partial charge in [-0.05, 0) is 67.8 Å². The molecule has 35 heavy (non-hydrogen) atoms. The fourth-order valence-corrected chi connectivity index (χ4v) is 5.18. The molecule has 0 aromatic heterocycles. The van der Waals surface area contributed by atoms with Crippen molar-refractivity contribution in [3.8, 4) is 11.5 Å². The van der Waals surface area contributed by atoms with E-state index >= 15 is 0 Å². The predicted molar refractivity (Wildman–Crippen MR) is 134 cm³/mol. The van der Waals surface area contributed by atoms with Gasteiger partial charge >= 0.3 is 0 Å². The zero-order valence-corrected chi connectivity index (χ0v) is 20.5. The summed E-state index contributed by atoms with van der Waals surface area (Å²) in [6, 6.07) is 19.4. The first-order chi connectivity index (χ1) is 16.9. The SMILES string of the molecule is CCOc1ccc(CCNC(=O)c2ccc(C3Nc4ccccc4S(=O)(=O)N3)cc2)cc1OCC. The lowest BCUT2D eigenvalue weighted by molar-refractivity contribution is 0.0954. The quantitative estimate of drug-likeness (QED) is 0.416. The van der Waals surface area contributed by atoms with Crippen LogP contribution >= 0.6 is 0 Å². The second-order valence-corrected chi connectivity index (χ2v) is 9.65. The fraction of sp³-hybridized carbons (Fsp3) is 0.269. The van der Waals surface area contributed by atoms with Crippen LogP contribution in [0.25, 0.3) is 0 Å². The Morgan fingerprint density at radius 2 is 1.66 bits per heavy atom. The number of benzene rings is 3. The van der Waals surface area contributed by atoms with E-state index < -0.39 is 16.2 Å². The van der Waals surface area contributed by atoms with E-state index in [9.17, 15) is 13.2 Å². The molecular formula is C26H29N3O5S. The summed E-state index contributed by atoms with van der Waals surface area (Å²) in [5, 5.41) is 6.11. The number of rotatable bonds is 9. The summed E-state index contributed by atoms with van der Waals surface area (Å²) >= 11 is 0. The highest BCUT2D eigenvalue weighted by atomic mass is 32.2. The number of para-hydroxylation sites is 1. The molecule has 4 rings (SSSR count). The van der Waals surface area contributed by atoms with Gasteiger partial charge in [-0.1, -0.05) is 30.3 Å². The van der Waals surface area contributed by atoms with Crippen LogP contribution in [0, 0.1) is 0 Å². The second-order valence-electron chi connectivity index (χ2n) is 7.97. The van der Waals surface area contributed by atoms with Gasteiger partial charge in [-0.2, -0.15) is 4.72 Å². The second kappa shape index (κ2) is 10.8. The van der Waals surface area contributed by atoms with E-state index in [0.717, 1.165) is 5.56 Å². The monoisotopic (exact) mass is 495 g/mol. The highest BCUT2D eigenvalue weighted by Crippen LogP contribution is 2.31. The molecule has 0 saturated carbocycles. The molecule has 3 N–H and O–H groups in total. The summed E-state index contributed by atoms with van der Waals surface area (Å²) in [5.41, 5.74) is 2.77. The van der Waals surface area contributed by atoms with Gasteiger partial charge in [0, 0.05) is 12.1 Å². The number of anilines is 1. The molecule has 8 nitrogen and oxygen atoms in total. The van der Waals surface area contributed by atoms with Gasteiger partial charge in [-0.3, -0.25) is 4.79 Å². The van der Waals surface area contributed by atoms with E-state index in [0.29, 0.717) is 54.5 Å². The van der Waals surface area contributed by atoms with Gasteiger partial charge in [0.2, 0.25) is 10.0 Å². The first kappa shape index (κ1) is 24.6. The zero-order chi connectivity index (χ0) is 24.8. The lowest BCUT2D eigenvalue weighted by Crippen LogP contribution is -2.38. The number of carbonyl (C=O) groups excluding carboxylic acids is 1. The van der Waals surface area contributed by atoms with Gasteiger partial charge in [-0.25, -0.2) is 8.42 Å². The van der Waals surface area contributed by atoms with Gasteiger partial charge in [-0.15, -0.1) is 0 Å². The van der Waals surface area contributed by atoms with E-state index in [1.807, 2.05) is 32.0 Å². The van der Waals surface area contributed by atoms with Crippen molar-refractivity contribution in [2.75, 3.05) is 25.1 Å². The lowest BCUT2D eigenvalue weighted by Gasteiger charge is -2.28. The summed E-state index contributed by atoms with van der Waals surface area (Å²) in [6.45, 7) is 5.41. The summed E-state index contributed by atoms with van der Waals surface area (Å²) < 4.78 is 39.0. The van der Waals surface area contributed by atoms with Gasteiger partial charge in [0.25, 0.3) is 5.91 Å². The van der Waals surface area contributed by atoms with E-state index in [4.69, 9.17) is 9.47 Å². The molecule has 1 heterocycles. The Morgan fingerprint density at radius 3 is 2.40 bits per heavy atom. The van der Waals surface area contributed by atoms with Gasteiger partial charge in [0.15, 0.2) is 11.5 Å². The number of amides is 1. The normalized spacial score (nSPS) is 16.0. The van der Waals surface area contributed by atoms with E-state index in [1.54, 1.807) is 48.5 Å². The van der Waals surface area contributed by atoms with Crippen molar-refractivity contribution in [3.63, 3.8) is 0 Å². The predicted octanol–water partition coefficient (Wildman–Crippen LogP) is 3.86. The third-order valence-electron chi connectivity index (χ3n) is 5.56. The largest absolute Gasteiger partial charge is 0.490 e. The van der Waals surface area contributed by atoms with Crippen molar-refractivity contribution < 1.29 is 22.7 Å². The molecule has 3 aromatic rings. The van der Waals surface area contributed by atoms with Crippen molar-refractivity contribution in [3.05, 3.63) is 83.4 Å². The molecule has 1 atom stereocenters. The first-order valence-corrected chi connectivity index (χ1v) is 13.0. The van der Waals surface area contributed by atoms with Gasteiger partial charge < -0.3 is 20.1 Å². The van der Waals surface area contributed by atoms with E-state index in [-0.39, 0.29) is 10.8 Å². The van der Waals surface area contributed by atoms with Gasteiger partial charge in [0.05, 0.1) is 18.9 Å². The molecule has 184 valence electrons. The lowest BCUT2D eigenvalue weighted by atomic mass is 10.1. The Balaban J connectivity index is 1.36. The number of fused-ring (bicyclic) bond motifs is 1. The Hall–Kier alpha value is -3.56. The van der Waals surface area contributed by atoms with Crippen LogP contribution in [0.4, 0.5) is 5.69 Å². The molecule has 3 aromatic carbocycles. The number of hydrogen-bond donors (Lipinski definition) is 3. The number of ether oxygens (including phenoxy) is 2. The highest BCUT2D eigenvalue weighted by molar-refractivity contribution is 7.89. The van der Waals surface area contributed by atoms with E-state index in [2.05, 4.69) is 15.4 Å². The van der Waals surface area contributed by atoms with Crippen molar-refractivity contribution in [2.24, 2.45) is 0 Å². The average molecular weight is 496 g/mol. The van der Waals surface area contributed by atoms with Crippen LogP contribution in [0.5, 0.6) is 11.5 Å². The maximum atomic E-state index is 12.6. The number of hydrogen-bond acceptors (Lipinski definition) is 6. The molecule has 0 radical (unpaired) electrons. The van der Waals surface area contributed by atoms with Crippen molar-refractivity contribution in [1.82, 2.24) is 10.0 Å². The summed E-state index contributed by atoms with van der Waals surface area (Å²) in [7, 11) is -3.63. The molecular weight excluding hydrogens is 466 g/mol. The summed E-state index contributed by atoms with van der Waals surface area (Å²) in [4.78, 5) is 12.8. The zero-order valence-electron chi connectivity index (χ0n) is 19.7. The minimum absolute atomic E-state index is 0.199. The molecule has 0 spiro atoms. The van der Waals surface area contributed by atoms with Crippen molar-refractivity contribution in [1.29, 1.82) is 0 Å². The maximum absolute atomic E-state index is 12.6. The molecule has 1 aliphatic rings. The molecule has 0 fully saturated rings. The number of carbonyl (C=O) groups is 1. The van der Waals surface area contributed by atoms with Gasteiger partial charge in [0.1, 0.15) is 11.1 Å². The smallest absolute Gasteiger partial charge is 0.251 e. The standard InChI is InChI=1S/C26H29N3O5S/c1-3-33-22-14-9-18(17-23(22)34-4-2)15-16-27-26(30)20-12-10-19(11-13-20)25-28-21-7-5-6-8-24(21)35(31,32)29-25/h5-14,17,25,28-29H,3-4,15-16H2,1-2H3,(H,27,30). The van der Waals surface area contributed by atoms with Crippen LogP contribution in [0.1, 0.15) is 41.5 Å². The van der Waals surface area contributed by atoms with Crippen molar-refractivity contribution >= 4 is 21.6 Å². The Bertz CT molecular complexity index is 1290. The summed E-state index contributed by atoms with van der Waals surface area (Å²) in [5.74, 6) is 1.21. The molecule has 0 saturated heterocycles. The Kier molecular flexibility index (Phi) is 7.57. The van der Waals surface area contributed by atoms with Crippen LogP contribution < -0.4 is 24.8 Å². The van der Waals surface area contributed by atoms with Crippen LogP contribution in [0.15, 0.2) is 71.6 Å². The maximum Gasteiger partial charge on any atom is 0.251 e. The van der Waals surface area contributed by atoms with E-state index in [1.165, 1.54) is 0 Å².